The Morgan fingerprint density at radius 2 is 1.89 bits per heavy atom. The van der Waals surface area contributed by atoms with Crippen LogP contribution in [0.4, 0.5) is 0 Å². The van der Waals surface area contributed by atoms with E-state index in [2.05, 4.69) is 13.8 Å². The van der Waals surface area contributed by atoms with E-state index >= 15 is 0 Å². The lowest BCUT2D eigenvalue weighted by Crippen LogP contribution is -2.29. The summed E-state index contributed by atoms with van der Waals surface area (Å²) in [6, 6.07) is 10.8. The minimum atomic E-state index is -0.321. The van der Waals surface area contributed by atoms with Crippen molar-refractivity contribution in [3.8, 4) is 11.6 Å². The molecule has 0 unspecified atom stereocenters. The van der Waals surface area contributed by atoms with Crippen molar-refractivity contribution in [2.75, 3.05) is 0 Å². The molecule has 4 rings (SSSR count). The van der Waals surface area contributed by atoms with Crippen LogP contribution in [0.15, 0.2) is 56.7 Å². The van der Waals surface area contributed by atoms with Gasteiger partial charge in [-0.25, -0.2) is 4.98 Å². The van der Waals surface area contributed by atoms with Crippen molar-refractivity contribution in [1.82, 2.24) is 14.1 Å². The number of hydrogen-bond donors (Lipinski definition) is 0. The lowest BCUT2D eigenvalue weighted by atomic mass is 10.1. The van der Waals surface area contributed by atoms with Gasteiger partial charge < -0.3 is 8.98 Å². The van der Waals surface area contributed by atoms with E-state index in [1.807, 2.05) is 19.2 Å². The number of nitrogens with zero attached hydrogens (tertiary/aromatic N) is 3. The van der Waals surface area contributed by atoms with Crippen LogP contribution in [0, 0.1) is 5.92 Å². The molecule has 0 saturated carbocycles. The second kappa shape index (κ2) is 6.54. The van der Waals surface area contributed by atoms with Gasteiger partial charge in [0.05, 0.1) is 11.8 Å². The van der Waals surface area contributed by atoms with Gasteiger partial charge in [0.1, 0.15) is 5.39 Å². The average molecular weight is 363 g/mol. The van der Waals surface area contributed by atoms with E-state index in [0.717, 1.165) is 11.9 Å². The predicted octanol–water partition coefficient (Wildman–Crippen LogP) is 3.55. The summed E-state index contributed by atoms with van der Waals surface area (Å²) >= 11 is 0. The Morgan fingerprint density at radius 3 is 2.59 bits per heavy atom. The molecular formula is C21H21N3O3. The van der Waals surface area contributed by atoms with E-state index in [1.165, 1.54) is 0 Å². The number of aryl methyl sites for hydroxylation is 1. The highest BCUT2D eigenvalue weighted by atomic mass is 16.3. The van der Waals surface area contributed by atoms with Crippen molar-refractivity contribution in [2.45, 2.75) is 26.8 Å². The van der Waals surface area contributed by atoms with E-state index in [4.69, 9.17) is 9.40 Å². The third kappa shape index (κ3) is 2.77. The van der Waals surface area contributed by atoms with Gasteiger partial charge in [0.15, 0.2) is 17.2 Å². The SMILES string of the molecule is CC(C)CCn1c(-c2ccco2)nc2c(c(=O)c3ccccc3n2C)c1=O. The van der Waals surface area contributed by atoms with Crippen molar-refractivity contribution in [2.24, 2.45) is 13.0 Å². The molecule has 0 fully saturated rings. The molecule has 6 heteroatoms. The minimum absolute atomic E-state index is 0.121. The molecule has 0 saturated heterocycles. The standard InChI is InChI=1S/C21H21N3O3/c1-13(2)10-11-24-19(16-9-6-12-27-16)22-20-17(21(24)26)18(25)14-7-4-5-8-15(14)23(20)3/h4-9,12-13H,10-11H2,1-3H3. The van der Waals surface area contributed by atoms with Crippen LogP contribution in [-0.2, 0) is 13.6 Å². The molecule has 6 nitrogen and oxygen atoms in total. The Labute approximate surface area is 155 Å². The Bertz CT molecular complexity index is 1250. The molecule has 0 aliphatic carbocycles. The van der Waals surface area contributed by atoms with E-state index in [1.54, 1.807) is 39.7 Å². The van der Waals surface area contributed by atoms with Crippen LogP contribution in [0.1, 0.15) is 20.3 Å². The normalized spacial score (nSPS) is 11.7. The Hall–Kier alpha value is -3.15. The highest BCUT2D eigenvalue weighted by Crippen LogP contribution is 2.21. The fraction of sp³-hybridized carbons (Fsp3) is 0.286. The van der Waals surface area contributed by atoms with E-state index in [0.29, 0.717) is 35.1 Å². The molecule has 3 aromatic heterocycles. The van der Waals surface area contributed by atoms with Crippen LogP contribution in [0.5, 0.6) is 0 Å². The molecule has 0 spiro atoms. The molecular weight excluding hydrogens is 342 g/mol. The van der Waals surface area contributed by atoms with Gasteiger partial charge in [-0.3, -0.25) is 14.2 Å². The fourth-order valence-corrected chi connectivity index (χ4v) is 3.38. The molecule has 1 aromatic carbocycles. The van der Waals surface area contributed by atoms with E-state index in [9.17, 15) is 9.59 Å². The fourth-order valence-electron chi connectivity index (χ4n) is 3.38. The Morgan fingerprint density at radius 1 is 1.11 bits per heavy atom. The lowest BCUT2D eigenvalue weighted by molar-refractivity contribution is 0.500. The summed E-state index contributed by atoms with van der Waals surface area (Å²) in [5.41, 5.74) is 0.516. The molecule has 0 aliphatic rings. The maximum absolute atomic E-state index is 13.3. The number of hydrogen-bond acceptors (Lipinski definition) is 4. The number of para-hydroxylation sites is 1. The third-order valence-electron chi connectivity index (χ3n) is 4.88. The predicted molar refractivity (Wildman–Crippen MR) is 106 cm³/mol. The largest absolute Gasteiger partial charge is 0.461 e. The highest BCUT2D eigenvalue weighted by Gasteiger charge is 2.20. The van der Waals surface area contributed by atoms with Crippen LogP contribution in [0.25, 0.3) is 33.5 Å². The van der Waals surface area contributed by atoms with Gasteiger partial charge in [-0.15, -0.1) is 0 Å². The van der Waals surface area contributed by atoms with Gasteiger partial charge in [0.25, 0.3) is 5.56 Å². The first kappa shape index (κ1) is 17.3. The van der Waals surface area contributed by atoms with Crippen LogP contribution in [0.2, 0.25) is 0 Å². The zero-order valence-corrected chi connectivity index (χ0v) is 15.6. The highest BCUT2D eigenvalue weighted by molar-refractivity contribution is 5.91. The zero-order valence-electron chi connectivity index (χ0n) is 15.6. The summed E-state index contributed by atoms with van der Waals surface area (Å²) in [4.78, 5) is 31.1. The summed E-state index contributed by atoms with van der Waals surface area (Å²) < 4.78 is 8.88. The summed E-state index contributed by atoms with van der Waals surface area (Å²) in [6.07, 6.45) is 2.35. The lowest BCUT2D eigenvalue weighted by Gasteiger charge is -2.15. The molecule has 4 aromatic rings. The first-order valence-electron chi connectivity index (χ1n) is 9.05. The van der Waals surface area contributed by atoms with Crippen molar-refractivity contribution >= 4 is 21.9 Å². The first-order chi connectivity index (χ1) is 13.0. The van der Waals surface area contributed by atoms with Gasteiger partial charge in [-0.2, -0.15) is 0 Å². The van der Waals surface area contributed by atoms with Crippen molar-refractivity contribution in [1.29, 1.82) is 0 Å². The Balaban J connectivity index is 2.14. The van der Waals surface area contributed by atoms with Gasteiger partial charge in [0, 0.05) is 19.0 Å². The maximum Gasteiger partial charge on any atom is 0.267 e. The second-order valence-corrected chi connectivity index (χ2v) is 7.16. The van der Waals surface area contributed by atoms with E-state index in [-0.39, 0.29) is 16.4 Å². The van der Waals surface area contributed by atoms with Crippen LogP contribution in [0.3, 0.4) is 0 Å². The monoisotopic (exact) mass is 363 g/mol. The molecule has 0 aliphatic heterocycles. The van der Waals surface area contributed by atoms with Crippen LogP contribution < -0.4 is 11.0 Å². The summed E-state index contributed by atoms with van der Waals surface area (Å²) in [7, 11) is 1.82. The third-order valence-corrected chi connectivity index (χ3v) is 4.88. The van der Waals surface area contributed by atoms with Crippen molar-refractivity contribution < 1.29 is 4.42 Å². The average Bonchev–Trinajstić information content (AvgIpc) is 3.19. The zero-order chi connectivity index (χ0) is 19.1. The second-order valence-electron chi connectivity index (χ2n) is 7.16. The molecule has 0 radical (unpaired) electrons. The van der Waals surface area contributed by atoms with Crippen molar-refractivity contribution in [3.63, 3.8) is 0 Å². The van der Waals surface area contributed by atoms with Crippen LogP contribution >= 0.6 is 0 Å². The van der Waals surface area contributed by atoms with Gasteiger partial charge in [-0.05, 0) is 36.6 Å². The number of benzene rings is 1. The minimum Gasteiger partial charge on any atom is -0.461 e. The molecule has 27 heavy (non-hydrogen) atoms. The summed E-state index contributed by atoms with van der Waals surface area (Å²) in [5.74, 6) is 1.37. The number of fused-ring (bicyclic) bond motifs is 2. The molecule has 0 atom stereocenters. The number of rotatable bonds is 4. The number of pyridine rings is 1. The Kier molecular flexibility index (Phi) is 4.18. The van der Waals surface area contributed by atoms with Gasteiger partial charge in [-0.1, -0.05) is 26.0 Å². The van der Waals surface area contributed by atoms with Crippen molar-refractivity contribution in [3.05, 3.63) is 63.2 Å². The van der Waals surface area contributed by atoms with Gasteiger partial charge in [0.2, 0.25) is 5.43 Å². The molecule has 0 bridgehead atoms. The number of aromatic nitrogens is 3. The molecule has 3 heterocycles. The topological polar surface area (TPSA) is 70.0 Å². The van der Waals surface area contributed by atoms with Gasteiger partial charge >= 0.3 is 0 Å². The quantitative estimate of drug-likeness (QED) is 0.520. The van der Waals surface area contributed by atoms with E-state index < -0.39 is 0 Å². The molecule has 0 amide bonds. The summed E-state index contributed by atoms with van der Waals surface area (Å²) in [6.45, 7) is 4.67. The first-order valence-corrected chi connectivity index (χ1v) is 9.05. The smallest absolute Gasteiger partial charge is 0.267 e. The maximum atomic E-state index is 13.3. The molecule has 0 N–H and O–H groups in total. The molecule has 138 valence electrons. The summed E-state index contributed by atoms with van der Waals surface area (Å²) in [5, 5.41) is 0.642. The number of furan rings is 1. The van der Waals surface area contributed by atoms with Crippen LogP contribution in [-0.4, -0.2) is 14.1 Å².